The number of Topliss-reactive ketones (excluding diaryl/α,β-unsaturated/α-hetero) is 2. The minimum Gasteiger partial charge on any atom is -0.299 e. The van der Waals surface area contributed by atoms with E-state index >= 15 is 0 Å². The molecule has 1 aliphatic rings. The van der Waals surface area contributed by atoms with Crippen LogP contribution in [-0.2, 0) is 9.59 Å². The van der Waals surface area contributed by atoms with Gasteiger partial charge in [0.25, 0.3) is 0 Å². The SMILES string of the molecule is CCC(=O)[C@H]1CC[C@H](C(=O)C(C)(C)C)CC1. The highest BCUT2D eigenvalue weighted by Crippen LogP contribution is 2.34. The molecule has 0 aromatic carbocycles. The van der Waals surface area contributed by atoms with Crippen LogP contribution in [0.3, 0.4) is 0 Å². The van der Waals surface area contributed by atoms with Crippen molar-refractivity contribution in [1.82, 2.24) is 0 Å². The third-order valence-corrected chi connectivity index (χ3v) is 3.64. The first kappa shape index (κ1) is 13.4. The van der Waals surface area contributed by atoms with Crippen LogP contribution in [0.4, 0.5) is 0 Å². The van der Waals surface area contributed by atoms with Crippen molar-refractivity contribution in [3.63, 3.8) is 0 Å². The Bertz CT molecular complexity index is 265. The summed E-state index contributed by atoms with van der Waals surface area (Å²) in [4.78, 5) is 23.6. The van der Waals surface area contributed by atoms with Crippen LogP contribution >= 0.6 is 0 Å². The number of carbonyl (C=O) groups is 2. The van der Waals surface area contributed by atoms with Gasteiger partial charge in [-0.2, -0.15) is 0 Å². The molecule has 2 nitrogen and oxygen atoms in total. The molecule has 0 atom stereocenters. The van der Waals surface area contributed by atoms with Gasteiger partial charge in [-0.15, -0.1) is 0 Å². The van der Waals surface area contributed by atoms with Gasteiger partial charge < -0.3 is 0 Å². The second-order valence-corrected chi connectivity index (χ2v) is 5.98. The molecule has 0 saturated heterocycles. The average molecular weight is 224 g/mol. The lowest BCUT2D eigenvalue weighted by Crippen LogP contribution is -2.32. The molecule has 1 aliphatic carbocycles. The van der Waals surface area contributed by atoms with E-state index in [9.17, 15) is 9.59 Å². The first-order valence-electron chi connectivity index (χ1n) is 6.43. The summed E-state index contributed by atoms with van der Waals surface area (Å²) >= 11 is 0. The average Bonchev–Trinajstić information content (AvgIpc) is 2.26. The van der Waals surface area contributed by atoms with E-state index in [0.29, 0.717) is 18.0 Å². The Morgan fingerprint density at radius 1 is 1.00 bits per heavy atom. The van der Waals surface area contributed by atoms with Crippen molar-refractivity contribution >= 4 is 11.6 Å². The van der Waals surface area contributed by atoms with Gasteiger partial charge in [0, 0.05) is 23.7 Å². The van der Waals surface area contributed by atoms with Gasteiger partial charge in [0.05, 0.1) is 0 Å². The maximum absolute atomic E-state index is 12.1. The van der Waals surface area contributed by atoms with E-state index in [1.54, 1.807) is 0 Å². The zero-order chi connectivity index (χ0) is 12.3. The van der Waals surface area contributed by atoms with Crippen LogP contribution in [0.2, 0.25) is 0 Å². The third-order valence-electron chi connectivity index (χ3n) is 3.64. The molecule has 1 rings (SSSR count). The van der Waals surface area contributed by atoms with Crippen molar-refractivity contribution in [2.24, 2.45) is 17.3 Å². The molecule has 92 valence electrons. The Labute approximate surface area is 98.8 Å². The summed E-state index contributed by atoms with van der Waals surface area (Å²) in [5.41, 5.74) is -0.230. The lowest BCUT2D eigenvalue weighted by atomic mass is 9.72. The number of hydrogen-bond acceptors (Lipinski definition) is 2. The van der Waals surface area contributed by atoms with Gasteiger partial charge in [0.15, 0.2) is 0 Å². The zero-order valence-electron chi connectivity index (χ0n) is 11.0. The molecule has 0 heterocycles. The predicted molar refractivity (Wildman–Crippen MR) is 65.2 cm³/mol. The van der Waals surface area contributed by atoms with Crippen molar-refractivity contribution in [2.75, 3.05) is 0 Å². The Morgan fingerprint density at radius 2 is 1.44 bits per heavy atom. The molecule has 16 heavy (non-hydrogen) atoms. The Morgan fingerprint density at radius 3 is 1.81 bits per heavy atom. The van der Waals surface area contributed by atoms with Crippen molar-refractivity contribution < 1.29 is 9.59 Å². The zero-order valence-corrected chi connectivity index (χ0v) is 11.0. The molecule has 0 unspecified atom stereocenters. The lowest BCUT2D eigenvalue weighted by Gasteiger charge is -2.30. The predicted octanol–water partition coefficient (Wildman–Crippen LogP) is 3.39. The van der Waals surface area contributed by atoms with Crippen LogP contribution in [0.1, 0.15) is 59.8 Å². The Balaban J connectivity index is 2.49. The van der Waals surface area contributed by atoms with Crippen LogP contribution in [-0.4, -0.2) is 11.6 Å². The molecule has 0 radical (unpaired) electrons. The number of hydrogen-bond donors (Lipinski definition) is 0. The lowest BCUT2D eigenvalue weighted by molar-refractivity contribution is -0.133. The van der Waals surface area contributed by atoms with E-state index in [1.807, 2.05) is 27.7 Å². The van der Waals surface area contributed by atoms with Crippen molar-refractivity contribution in [2.45, 2.75) is 59.8 Å². The van der Waals surface area contributed by atoms with Gasteiger partial charge in [-0.3, -0.25) is 9.59 Å². The first-order valence-corrected chi connectivity index (χ1v) is 6.43. The highest BCUT2D eigenvalue weighted by Gasteiger charge is 2.33. The maximum atomic E-state index is 12.1. The second-order valence-electron chi connectivity index (χ2n) is 5.98. The Hall–Kier alpha value is -0.660. The van der Waals surface area contributed by atoms with E-state index in [1.165, 1.54) is 0 Å². The van der Waals surface area contributed by atoms with Crippen LogP contribution < -0.4 is 0 Å². The minimum atomic E-state index is -0.230. The Kier molecular flexibility index (Phi) is 4.28. The fourth-order valence-corrected chi connectivity index (χ4v) is 2.58. The topological polar surface area (TPSA) is 34.1 Å². The molecule has 0 aromatic rings. The van der Waals surface area contributed by atoms with Gasteiger partial charge in [-0.25, -0.2) is 0 Å². The van der Waals surface area contributed by atoms with E-state index in [0.717, 1.165) is 25.7 Å². The third kappa shape index (κ3) is 3.16. The van der Waals surface area contributed by atoms with E-state index in [-0.39, 0.29) is 17.3 Å². The summed E-state index contributed by atoms with van der Waals surface area (Å²) in [6.45, 7) is 7.88. The van der Waals surface area contributed by atoms with Crippen LogP contribution in [0.5, 0.6) is 0 Å². The monoisotopic (exact) mass is 224 g/mol. The van der Waals surface area contributed by atoms with E-state index in [2.05, 4.69) is 0 Å². The molecule has 1 saturated carbocycles. The van der Waals surface area contributed by atoms with E-state index < -0.39 is 0 Å². The molecular weight excluding hydrogens is 200 g/mol. The summed E-state index contributed by atoms with van der Waals surface area (Å²) in [6.07, 6.45) is 4.29. The summed E-state index contributed by atoms with van der Waals surface area (Å²) in [5, 5.41) is 0. The molecule has 2 heteroatoms. The molecule has 0 spiro atoms. The van der Waals surface area contributed by atoms with Crippen LogP contribution in [0.25, 0.3) is 0 Å². The number of rotatable bonds is 3. The van der Waals surface area contributed by atoms with Crippen molar-refractivity contribution in [3.05, 3.63) is 0 Å². The molecule has 0 aliphatic heterocycles. The van der Waals surface area contributed by atoms with Crippen molar-refractivity contribution in [3.8, 4) is 0 Å². The number of ketones is 2. The highest BCUT2D eigenvalue weighted by atomic mass is 16.1. The first-order chi connectivity index (χ1) is 7.36. The molecular formula is C14H24O2. The molecule has 0 amide bonds. The van der Waals surface area contributed by atoms with Crippen molar-refractivity contribution in [1.29, 1.82) is 0 Å². The summed E-state index contributed by atoms with van der Waals surface area (Å²) in [6, 6.07) is 0. The van der Waals surface area contributed by atoms with Crippen LogP contribution in [0.15, 0.2) is 0 Å². The second kappa shape index (κ2) is 5.11. The van der Waals surface area contributed by atoms with E-state index in [4.69, 9.17) is 0 Å². The smallest absolute Gasteiger partial charge is 0.141 e. The summed E-state index contributed by atoms with van der Waals surface area (Å²) in [7, 11) is 0. The summed E-state index contributed by atoms with van der Waals surface area (Å²) < 4.78 is 0. The fourth-order valence-electron chi connectivity index (χ4n) is 2.58. The quantitative estimate of drug-likeness (QED) is 0.736. The standard InChI is InChI=1S/C14H24O2/c1-5-12(15)10-6-8-11(9-7-10)13(16)14(2,3)4/h10-11H,5-9H2,1-4H3/t10-,11-. The fraction of sp³-hybridized carbons (Fsp3) is 0.857. The molecule has 0 bridgehead atoms. The molecule has 1 fully saturated rings. The molecule has 0 N–H and O–H groups in total. The van der Waals surface area contributed by atoms with Gasteiger partial charge in [0.2, 0.25) is 0 Å². The maximum Gasteiger partial charge on any atom is 0.141 e. The highest BCUT2D eigenvalue weighted by molar-refractivity contribution is 5.86. The molecule has 0 aromatic heterocycles. The minimum absolute atomic E-state index is 0.195. The van der Waals surface area contributed by atoms with Crippen LogP contribution in [0, 0.1) is 17.3 Å². The normalized spacial score (nSPS) is 26.5. The van der Waals surface area contributed by atoms with Gasteiger partial charge in [0.1, 0.15) is 11.6 Å². The number of carbonyl (C=O) groups excluding carboxylic acids is 2. The van der Waals surface area contributed by atoms with Gasteiger partial charge in [-0.1, -0.05) is 27.7 Å². The van der Waals surface area contributed by atoms with Gasteiger partial charge >= 0.3 is 0 Å². The van der Waals surface area contributed by atoms with Gasteiger partial charge in [-0.05, 0) is 25.7 Å². The summed E-state index contributed by atoms with van der Waals surface area (Å²) in [5.74, 6) is 1.17. The largest absolute Gasteiger partial charge is 0.299 e.